The molecule has 0 radical (unpaired) electrons. The van der Waals surface area contributed by atoms with E-state index in [0.717, 1.165) is 17.9 Å². The van der Waals surface area contributed by atoms with Gasteiger partial charge in [0, 0.05) is 7.05 Å². The van der Waals surface area contributed by atoms with E-state index in [0.29, 0.717) is 0 Å². The van der Waals surface area contributed by atoms with Gasteiger partial charge in [-0.05, 0) is 40.7 Å². The fourth-order valence-electron chi connectivity index (χ4n) is 1.20. The van der Waals surface area contributed by atoms with Crippen LogP contribution in [0.2, 0.25) is 0 Å². The monoisotopic (exact) mass is 347 g/mol. The molecule has 0 aliphatic rings. The molecule has 6 nitrogen and oxygen atoms in total. The fourth-order valence-corrected chi connectivity index (χ4v) is 1.70. The average Bonchev–Trinajstić information content (AvgIpc) is 2.22. The molecule has 0 fully saturated rings. The first-order chi connectivity index (χ1) is 9.57. The van der Waals surface area contributed by atoms with Gasteiger partial charge in [0.15, 0.2) is 0 Å². The average molecular weight is 347 g/mol. The van der Waals surface area contributed by atoms with Crippen LogP contribution in [-0.2, 0) is 19.0 Å². The van der Waals surface area contributed by atoms with Crippen molar-refractivity contribution in [3.63, 3.8) is 0 Å². The largest absolute Gasteiger partial charge is 0.534 e. The number of likely N-dealkylation sites (N-methyl/N-ethyl adjacent to an activating group) is 1. The maximum Gasteiger partial charge on any atom is 0.534 e. The molecule has 0 saturated carbocycles. The second-order valence-corrected chi connectivity index (χ2v) is 7.13. The van der Waals surface area contributed by atoms with Gasteiger partial charge in [-0.1, -0.05) is 0 Å². The van der Waals surface area contributed by atoms with Gasteiger partial charge in [-0.15, -0.1) is 0 Å². The predicted molar refractivity (Wildman–Crippen MR) is 73.3 cm³/mol. The van der Waals surface area contributed by atoms with E-state index < -0.39 is 39.1 Å². The minimum absolute atomic E-state index is 0.500. The van der Waals surface area contributed by atoms with Crippen molar-refractivity contribution in [1.82, 2.24) is 4.90 Å². The van der Waals surface area contributed by atoms with E-state index in [1.807, 2.05) is 0 Å². The van der Waals surface area contributed by atoms with E-state index in [-0.39, 0.29) is 0 Å². The lowest BCUT2D eigenvalue weighted by molar-refractivity contribution is -0.0522. The highest BCUT2D eigenvalue weighted by Crippen LogP contribution is 2.26. The Morgan fingerprint density at radius 1 is 1.23 bits per heavy atom. The molecule has 0 heterocycles. The first kappa shape index (κ1) is 20.6. The molecule has 0 aromatic rings. The summed E-state index contributed by atoms with van der Waals surface area (Å²) in [6.45, 7) is 7.48. The lowest BCUT2D eigenvalue weighted by atomic mass is 10.2. The number of carbonyl (C=O) groups is 1. The smallest absolute Gasteiger partial charge is 0.444 e. The molecule has 0 rings (SSSR count). The number of hydrogen-bond acceptors (Lipinski definition) is 5. The van der Waals surface area contributed by atoms with Gasteiger partial charge in [0.2, 0.25) is 0 Å². The molecule has 0 spiro atoms. The van der Waals surface area contributed by atoms with E-state index in [1.165, 1.54) is 14.0 Å². The van der Waals surface area contributed by atoms with Crippen LogP contribution in [0.1, 0.15) is 34.6 Å². The van der Waals surface area contributed by atoms with Crippen molar-refractivity contribution in [2.24, 2.45) is 0 Å². The maximum atomic E-state index is 12.2. The third kappa shape index (κ3) is 6.54. The first-order valence-electron chi connectivity index (χ1n) is 6.22. The van der Waals surface area contributed by atoms with Gasteiger partial charge >= 0.3 is 21.7 Å². The molecule has 0 saturated heterocycles. The Bertz CT molecular complexity index is 534. The summed E-state index contributed by atoms with van der Waals surface area (Å²) >= 11 is 0. The molecule has 0 aromatic carbocycles. The van der Waals surface area contributed by atoms with Crippen LogP contribution in [0, 0.1) is 0 Å². The summed E-state index contributed by atoms with van der Waals surface area (Å²) in [5.74, 6) is -0.500. The Balaban J connectivity index is 4.95. The van der Waals surface area contributed by atoms with Crippen LogP contribution in [-0.4, -0.2) is 43.6 Å². The van der Waals surface area contributed by atoms with Gasteiger partial charge in [0.05, 0.1) is 6.04 Å². The Morgan fingerprint density at radius 2 is 1.68 bits per heavy atom. The van der Waals surface area contributed by atoms with Crippen LogP contribution in [0.3, 0.4) is 0 Å². The summed E-state index contributed by atoms with van der Waals surface area (Å²) in [6.07, 6.45) is 0.357. The molecule has 10 heteroatoms. The van der Waals surface area contributed by atoms with Crippen molar-refractivity contribution in [3.8, 4) is 0 Å². The van der Waals surface area contributed by atoms with E-state index in [9.17, 15) is 26.4 Å². The van der Waals surface area contributed by atoms with Crippen molar-refractivity contribution in [1.29, 1.82) is 0 Å². The summed E-state index contributed by atoms with van der Waals surface area (Å²) in [5, 5.41) is 0. The van der Waals surface area contributed by atoms with Crippen molar-refractivity contribution < 1.29 is 35.3 Å². The molecule has 0 aliphatic carbocycles. The molecular weight excluding hydrogens is 327 g/mol. The number of halogens is 3. The number of ether oxygens (including phenoxy) is 1. The zero-order valence-electron chi connectivity index (χ0n) is 13.2. The third-order valence-corrected chi connectivity index (χ3v) is 3.34. The SMILES string of the molecule is C/C(=C\C(C)N(C)C(=O)OC(C)(C)C)OS(=O)(=O)C(F)(F)F. The van der Waals surface area contributed by atoms with Crippen LogP contribution in [0.15, 0.2) is 11.8 Å². The lowest BCUT2D eigenvalue weighted by Gasteiger charge is -2.27. The quantitative estimate of drug-likeness (QED) is 0.444. The van der Waals surface area contributed by atoms with E-state index >= 15 is 0 Å². The summed E-state index contributed by atoms with van der Waals surface area (Å²) in [6, 6.07) is -0.738. The van der Waals surface area contributed by atoms with Gasteiger partial charge in [-0.2, -0.15) is 21.6 Å². The van der Waals surface area contributed by atoms with Crippen LogP contribution in [0.5, 0.6) is 0 Å². The summed E-state index contributed by atoms with van der Waals surface area (Å²) in [4.78, 5) is 12.9. The van der Waals surface area contributed by atoms with E-state index in [2.05, 4.69) is 4.18 Å². The van der Waals surface area contributed by atoms with Gasteiger partial charge in [-0.25, -0.2) is 4.79 Å². The number of alkyl halides is 3. The molecule has 0 aromatic heterocycles. The van der Waals surface area contributed by atoms with Gasteiger partial charge < -0.3 is 13.8 Å². The maximum absolute atomic E-state index is 12.2. The van der Waals surface area contributed by atoms with Crippen LogP contribution < -0.4 is 0 Å². The summed E-state index contributed by atoms with van der Waals surface area (Å²) < 4.78 is 67.2. The number of amides is 1. The highest BCUT2D eigenvalue weighted by atomic mass is 32.2. The Hall–Kier alpha value is -1.45. The Kier molecular flexibility index (Phi) is 6.31. The minimum atomic E-state index is -5.72. The lowest BCUT2D eigenvalue weighted by Crippen LogP contribution is -2.38. The fraction of sp³-hybridized carbons (Fsp3) is 0.750. The number of carbonyl (C=O) groups excluding carboxylic acids is 1. The summed E-state index contributed by atoms with van der Waals surface area (Å²) in [7, 11) is -4.36. The minimum Gasteiger partial charge on any atom is -0.444 e. The third-order valence-electron chi connectivity index (χ3n) is 2.29. The first-order valence-corrected chi connectivity index (χ1v) is 7.62. The van der Waals surface area contributed by atoms with Crippen molar-refractivity contribution in [3.05, 3.63) is 11.8 Å². The highest BCUT2D eigenvalue weighted by Gasteiger charge is 2.48. The summed E-state index contributed by atoms with van der Waals surface area (Å²) in [5.41, 5.74) is -6.25. The highest BCUT2D eigenvalue weighted by molar-refractivity contribution is 7.87. The zero-order valence-corrected chi connectivity index (χ0v) is 14.0. The van der Waals surface area contributed by atoms with Crippen molar-refractivity contribution in [2.45, 2.75) is 51.8 Å². The molecule has 1 atom stereocenters. The zero-order chi connectivity index (χ0) is 17.9. The second-order valence-electron chi connectivity index (χ2n) is 5.59. The molecule has 1 amide bonds. The second kappa shape index (κ2) is 6.76. The normalized spacial score (nSPS) is 15.2. The number of nitrogens with zero attached hydrogens (tertiary/aromatic N) is 1. The standard InChI is InChI=1S/C12H20F3NO5S/c1-8(16(6)10(17)20-11(3,4)5)7-9(2)21-22(18,19)12(13,14)15/h7-8H,1-6H3/b9-7+. The van der Waals surface area contributed by atoms with E-state index in [1.54, 1.807) is 20.8 Å². The van der Waals surface area contributed by atoms with Crippen LogP contribution in [0.4, 0.5) is 18.0 Å². The van der Waals surface area contributed by atoms with Crippen LogP contribution in [0.25, 0.3) is 0 Å². The Morgan fingerprint density at radius 3 is 2.05 bits per heavy atom. The number of rotatable bonds is 4. The van der Waals surface area contributed by atoms with Gasteiger partial charge in [0.1, 0.15) is 11.4 Å². The van der Waals surface area contributed by atoms with Crippen LogP contribution >= 0.6 is 0 Å². The molecular formula is C12H20F3NO5S. The number of allylic oxidation sites excluding steroid dienone is 1. The molecule has 130 valence electrons. The van der Waals surface area contributed by atoms with E-state index in [4.69, 9.17) is 4.74 Å². The van der Waals surface area contributed by atoms with Crippen molar-refractivity contribution in [2.75, 3.05) is 7.05 Å². The van der Waals surface area contributed by atoms with Gasteiger partial charge in [0.25, 0.3) is 0 Å². The molecule has 0 aliphatic heterocycles. The topological polar surface area (TPSA) is 72.9 Å². The molecule has 1 unspecified atom stereocenters. The molecule has 0 bridgehead atoms. The Labute approximate surface area is 128 Å². The van der Waals surface area contributed by atoms with Gasteiger partial charge in [-0.3, -0.25) is 0 Å². The molecule has 22 heavy (non-hydrogen) atoms. The predicted octanol–water partition coefficient (Wildman–Crippen LogP) is 3.01. The van der Waals surface area contributed by atoms with Crippen molar-refractivity contribution >= 4 is 16.2 Å². The number of hydrogen-bond donors (Lipinski definition) is 0. The molecule has 0 N–H and O–H groups in total.